The summed E-state index contributed by atoms with van der Waals surface area (Å²) in [5, 5.41) is 0. The van der Waals surface area contributed by atoms with E-state index in [-0.39, 0.29) is 0 Å². The van der Waals surface area contributed by atoms with E-state index in [1.807, 2.05) is 0 Å². The van der Waals surface area contributed by atoms with Gasteiger partial charge in [0, 0.05) is 19.6 Å². The van der Waals surface area contributed by atoms with E-state index >= 15 is 0 Å². The summed E-state index contributed by atoms with van der Waals surface area (Å²) in [6.45, 7) is 2.88. The van der Waals surface area contributed by atoms with Crippen LogP contribution < -0.4 is 0 Å². The number of hydrogen-bond acceptors (Lipinski definition) is 3. The third-order valence-corrected chi connectivity index (χ3v) is 2.50. The number of halogens is 1. The van der Waals surface area contributed by atoms with Crippen molar-refractivity contribution in [2.24, 2.45) is 5.92 Å². The summed E-state index contributed by atoms with van der Waals surface area (Å²) in [4.78, 5) is 2.16. The highest BCUT2D eigenvalue weighted by atomic mass is 32.2. The molecule has 0 aromatic rings. The van der Waals surface area contributed by atoms with Crippen LogP contribution in [-0.2, 0) is 0 Å². The van der Waals surface area contributed by atoms with E-state index in [2.05, 4.69) is 19.0 Å². The third-order valence-electron chi connectivity index (χ3n) is 1.97. The van der Waals surface area contributed by atoms with E-state index in [9.17, 15) is 3.89 Å². The van der Waals surface area contributed by atoms with Crippen LogP contribution in [0.3, 0.4) is 0 Å². The molecular formula is C7H15FN2S. The molecule has 0 radical (unpaired) electrons. The molecule has 0 aromatic heterocycles. The number of rotatable bonds is 3. The lowest BCUT2D eigenvalue weighted by molar-refractivity contribution is 0.332. The second-order valence-electron chi connectivity index (χ2n) is 3.37. The first-order valence-electron chi connectivity index (χ1n) is 3.90. The van der Waals surface area contributed by atoms with Crippen LogP contribution in [0.15, 0.2) is 0 Å². The van der Waals surface area contributed by atoms with Gasteiger partial charge in [0.05, 0.1) is 0 Å². The predicted octanol–water partition coefficient (Wildman–Crippen LogP) is 1.40. The summed E-state index contributed by atoms with van der Waals surface area (Å²) in [5.74, 6) is 0.660. The predicted molar refractivity (Wildman–Crippen MR) is 46.9 cm³/mol. The van der Waals surface area contributed by atoms with Gasteiger partial charge in [0.1, 0.15) is 12.3 Å². The van der Waals surface area contributed by atoms with Gasteiger partial charge >= 0.3 is 0 Å². The summed E-state index contributed by atoms with van der Waals surface area (Å²) in [6, 6.07) is 0. The lowest BCUT2D eigenvalue weighted by atomic mass is 10.1. The van der Waals surface area contributed by atoms with Gasteiger partial charge < -0.3 is 4.90 Å². The Morgan fingerprint density at radius 3 is 2.82 bits per heavy atom. The Morgan fingerprint density at radius 2 is 2.36 bits per heavy atom. The Kier molecular flexibility index (Phi) is 3.62. The van der Waals surface area contributed by atoms with Crippen LogP contribution in [0.4, 0.5) is 3.89 Å². The smallest absolute Gasteiger partial charge is 0.134 e. The average Bonchev–Trinajstić information content (AvgIpc) is 2.34. The van der Waals surface area contributed by atoms with Crippen LogP contribution in [0.1, 0.15) is 6.42 Å². The van der Waals surface area contributed by atoms with E-state index in [1.54, 1.807) is 4.31 Å². The first-order valence-corrected chi connectivity index (χ1v) is 4.58. The minimum Gasteiger partial charge on any atom is -0.309 e. The van der Waals surface area contributed by atoms with Crippen molar-refractivity contribution in [2.75, 3.05) is 33.7 Å². The maximum atomic E-state index is 12.0. The van der Waals surface area contributed by atoms with Gasteiger partial charge in [-0.25, -0.2) is 4.31 Å². The van der Waals surface area contributed by atoms with Crippen molar-refractivity contribution in [3.8, 4) is 0 Å². The summed E-state index contributed by atoms with van der Waals surface area (Å²) in [5.41, 5.74) is 0. The standard InChI is InChI=1S/C7H15FN2S/c1-9(2)5-7-3-4-10(6-7)11-8/h7H,3-6H2,1-2H3. The zero-order valence-electron chi connectivity index (χ0n) is 7.09. The molecule has 0 aliphatic carbocycles. The third kappa shape index (κ3) is 2.97. The normalized spacial score (nSPS) is 26.7. The largest absolute Gasteiger partial charge is 0.309 e. The van der Waals surface area contributed by atoms with Gasteiger partial charge in [-0.1, -0.05) is 0 Å². The van der Waals surface area contributed by atoms with E-state index < -0.39 is 0 Å². The lowest BCUT2D eigenvalue weighted by Gasteiger charge is -2.15. The lowest BCUT2D eigenvalue weighted by Crippen LogP contribution is -2.23. The molecule has 1 rings (SSSR count). The van der Waals surface area contributed by atoms with Crippen molar-refractivity contribution < 1.29 is 3.89 Å². The molecule has 11 heavy (non-hydrogen) atoms. The van der Waals surface area contributed by atoms with Gasteiger partial charge in [0.2, 0.25) is 0 Å². The van der Waals surface area contributed by atoms with E-state index in [4.69, 9.17) is 0 Å². The van der Waals surface area contributed by atoms with E-state index in [0.29, 0.717) is 18.3 Å². The maximum absolute atomic E-state index is 12.0. The van der Waals surface area contributed by atoms with Crippen LogP contribution in [0.5, 0.6) is 0 Å². The molecular weight excluding hydrogens is 163 g/mol. The van der Waals surface area contributed by atoms with Crippen LogP contribution in [0, 0.1) is 5.92 Å². The zero-order chi connectivity index (χ0) is 8.27. The molecule has 0 amide bonds. The van der Waals surface area contributed by atoms with Crippen molar-refractivity contribution in [1.29, 1.82) is 0 Å². The molecule has 1 heterocycles. The minimum atomic E-state index is 0.378. The molecule has 1 fully saturated rings. The van der Waals surface area contributed by atoms with Gasteiger partial charge in [-0.05, 0) is 26.4 Å². The highest BCUT2D eigenvalue weighted by Gasteiger charge is 2.23. The van der Waals surface area contributed by atoms with Crippen LogP contribution in [0.25, 0.3) is 0 Å². The topological polar surface area (TPSA) is 6.48 Å². The second-order valence-corrected chi connectivity index (χ2v) is 4.03. The fourth-order valence-corrected chi connectivity index (χ4v) is 1.97. The molecule has 0 aromatic carbocycles. The average molecular weight is 178 g/mol. The molecule has 0 spiro atoms. The van der Waals surface area contributed by atoms with Gasteiger partial charge in [-0.15, -0.1) is 3.89 Å². The Hall–Kier alpha value is 0.200. The molecule has 1 atom stereocenters. The number of nitrogens with zero attached hydrogens (tertiary/aromatic N) is 2. The fraction of sp³-hybridized carbons (Fsp3) is 1.00. The highest BCUT2D eigenvalue weighted by molar-refractivity contribution is 7.91. The summed E-state index contributed by atoms with van der Waals surface area (Å²) >= 11 is 0.378. The Labute approximate surface area is 72.2 Å². The van der Waals surface area contributed by atoms with Crippen LogP contribution in [-0.4, -0.2) is 42.9 Å². The van der Waals surface area contributed by atoms with Gasteiger partial charge in [-0.2, -0.15) is 0 Å². The minimum absolute atomic E-state index is 0.378. The first kappa shape index (κ1) is 9.29. The van der Waals surface area contributed by atoms with Gasteiger partial charge in [0.15, 0.2) is 0 Å². The molecule has 0 bridgehead atoms. The molecule has 1 aliphatic heterocycles. The van der Waals surface area contributed by atoms with Crippen molar-refractivity contribution in [3.63, 3.8) is 0 Å². The van der Waals surface area contributed by atoms with Gasteiger partial charge in [-0.3, -0.25) is 0 Å². The summed E-state index contributed by atoms with van der Waals surface area (Å²) in [6.07, 6.45) is 1.13. The first-order chi connectivity index (χ1) is 5.22. The molecule has 1 aliphatic rings. The monoisotopic (exact) mass is 178 g/mol. The van der Waals surface area contributed by atoms with E-state index in [1.165, 1.54) is 0 Å². The Bertz CT molecular complexity index is 121. The second kappa shape index (κ2) is 4.28. The molecule has 1 saturated heterocycles. The Balaban J connectivity index is 2.19. The molecule has 4 heteroatoms. The van der Waals surface area contributed by atoms with Crippen molar-refractivity contribution in [2.45, 2.75) is 6.42 Å². The molecule has 2 nitrogen and oxygen atoms in total. The summed E-state index contributed by atoms with van der Waals surface area (Å²) < 4.78 is 13.8. The van der Waals surface area contributed by atoms with E-state index in [0.717, 1.165) is 26.1 Å². The number of hydrogen-bond donors (Lipinski definition) is 0. The van der Waals surface area contributed by atoms with Crippen molar-refractivity contribution in [1.82, 2.24) is 9.21 Å². The molecule has 0 saturated carbocycles. The van der Waals surface area contributed by atoms with Gasteiger partial charge in [0.25, 0.3) is 0 Å². The fourth-order valence-electron chi connectivity index (χ4n) is 1.53. The summed E-state index contributed by atoms with van der Waals surface area (Å²) in [7, 11) is 4.12. The Morgan fingerprint density at radius 1 is 1.64 bits per heavy atom. The van der Waals surface area contributed by atoms with Crippen molar-refractivity contribution >= 4 is 12.3 Å². The quantitative estimate of drug-likeness (QED) is 0.603. The highest BCUT2D eigenvalue weighted by Crippen LogP contribution is 2.23. The SMILES string of the molecule is CN(C)CC1CCN(SF)C1. The van der Waals surface area contributed by atoms with Crippen LogP contribution >= 0.6 is 12.3 Å². The van der Waals surface area contributed by atoms with Crippen LogP contribution in [0.2, 0.25) is 0 Å². The van der Waals surface area contributed by atoms with Crippen molar-refractivity contribution in [3.05, 3.63) is 0 Å². The zero-order valence-corrected chi connectivity index (χ0v) is 7.90. The maximum Gasteiger partial charge on any atom is 0.134 e. The molecule has 0 N–H and O–H groups in total. The molecule has 66 valence electrons. The molecule has 1 unspecified atom stereocenters.